The number of anilines is 1. The van der Waals surface area contributed by atoms with Crippen LogP contribution in [0.4, 0.5) is 11.5 Å². The predicted molar refractivity (Wildman–Crippen MR) is 82.6 cm³/mol. The molecule has 0 atom stereocenters. The molecule has 23 heavy (non-hydrogen) atoms. The minimum Gasteiger partial charge on any atom is -0.504 e. The van der Waals surface area contributed by atoms with Crippen molar-refractivity contribution in [2.45, 2.75) is 13.8 Å². The topological polar surface area (TPSA) is 115 Å². The zero-order valence-corrected chi connectivity index (χ0v) is 12.6. The standard InChI is InChI=1S/C15H15N3O5/c1-9-4-3-5-13(10(9)2)23-8-14(20)17-15-12(19)6-11(7-16-15)18(21)22/h3-7,19H,8H2,1-2H3,(H,16,17,20). The van der Waals surface area contributed by atoms with Crippen molar-refractivity contribution in [2.75, 3.05) is 11.9 Å². The lowest BCUT2D eigenvalue weighted by atomic mass is 10.1. The monoisotopic (exact) mass is 317 g/mol. The number of nitro groups is 1. The number of ether oxygens (including phenoxy) is 1. The third kappa shape index (κ3) is 3.94. The molecule has 0 saturated heterocycles. The molecule has 0 saturated carbocycles. The van der Waals surface area contributed by atoms with Crippen LogP contribution in [0.15, 0.2) is 30.5 Å². The molecule has 0 spiro atoms. The Labute approximate surface area is 131 Å². The van der Waals surface area contributed by atoms with E-state index >= 15 is 0 Å². The van der Waals surface area contributed by atoms with Crippen LogP contribution in [0.25, 0.3) is 0 Å². The van der Waals surface area contributed by atoms with E-state index in [9.17, 15) is 20.0 Å². The summed E-state index contributed by atoms with van der Waals surface area (Å²) in [5, 5.41) is 22.5. The molecular weight excluding hydrogens is 302 g/mol. The largest absolute Gasteiger partial charge is 0.504 e. The smallest absolute Gasteiger partial charge is 0.291 e. The first-order chi connectivity index (χ1) is 10.9. The molecule has 0 fully saturated rings. The molecule has 1 aromatic heterocycles. The van der Waals surface area contributed by atoms with Gasteiger partial charge in [-0.3, -0.25) is 14.9 Å². The van der Waals surface area contributed by atoms with Crippen LogP contribution >= 0.6 is 0 Å². The van der Waals surface area contributed by atoms with E-state index in [0.717, 1.165) is 23.4 Å². The minimum absolute atomic E-state index is 0.162. The molecule has 0 bridgehead atoms. The van der Waals surface area contributed by atoms with E-state index in [4.69, 9.17) is 4.74 Å². The average Bonchev–Trinajstić information content (AvgIpc) is 2.50. The molecule has 1 aromatic carbocycles. The van der Waals surface area contributed by atoms with Gasteiger partial charge < -0.3 is 15.2 Å². The number of hydrogen-bond donors (Lipinski definition) is 2. The highest BCUT2D eigenvalue weighted by Gasteiger charge is 2.14. The molecule has 0 aliphatic carbocycles. The van der Waals surface area contributed by atoms with E-state index in [1.807, 2.05) is 26.0 Å². The molecular formula is C15H15N3O5. The van der Waals surface area contributed by atoms with Crippen molar-refractivity contribution in [3.05, 3.63) is 51.7 Å². The second-order valence-electron chi connectivity index (χ2n) is 4.85. The number of pyridine rings is 1. The number of nitrogens with zero attached hydrogens (tertiary/aromatic N) is 2. The zero-order valence-electron chi connectivity index (χ0n) is 12.6. The van der Waals surface area contributed by atoms with Crippen molar-refractivity contribution in [3.8, 4) is 11.5 Å². The molecule has 0 aliphatic heterocycles. The normalized spacial score (nSPS) is 10.2. The summed E-state index contributed by atoms with van der Waals surface area (Å²) < 4.78 is 5.42. The van der Waals surface area contributed by atoms with Crippen molar-refractivity contribution in [1.29, 1.82) is 0 Å². The average molecular weight is 317 g/mol. The number of rotatable bonds is 5. The summed E-state index contributed by atoms with van der Waals surface area (Å²) in [5.74, 6) is -0.604. The highest BCUT2D eigenvalue weighted by Crippen LogP contribution is 2.25. The number of hydrogen-bond acceptors (Lipinski definition) is 6. The molecule has 120 valence electrons. The lowest BCUT2D eigenvalue weighted by molar-refractivity contribution is -0.385. The van der Waals surface area contributed by atoms with Crippen LogP contribution in [0.2, 0.25) is 0 Å². The number of carbonyl (C=O) groups is 1. The first kappa shape index (κ1) is 16.2. The third-order valence-corrected chi connectivity index (χ3v) is 3.24. The molecule has 2 rings (SSSR count). The molecule has 0 radical (unpaired) electrons. The summed E-state index contributed by atoms with van der Waals surface area (Å²) >= 11 is 0. The summed E-state index contributed by atoms with van der Waals surface area (Å²) in [5.41, 5.74) is 1.60. The second kappa shape index (κ2) is 6.73. The summed E-state index contributed by atoms with van der Waals surface area (Å²) in [6.07, 6.45) is 0.945. The summed E-state index contributed by atoms with van der Waals surface area (Å²) in [7, 11) is 0. The Kier molecular flexibility index (Phi) is 4.75. The molecule has 0 aliphatic rings. The van der Waals surface area contributed by atoms with Crippen molar-refractivity contribution < 1.29 is 19.6 Å². The van der Waals surface area contributed by atoms with E-state index in [1.54, 1.807) is 6.07 Å². The summed E-state index contributed by atoms with van der Waals surface area (Å²) in [6, 6.07) is 6.41. The van der Waals surface area contributed by atoms with Crippen LogP contribution in [0, 0.1) is 24.0 Å². The van der Waals surface area contributed by atoms with Gasteiger partial charge in [-0.05, 0) is 31.0 Å². The third-order valence-electron chi connectivity index (χ3n) is 3.24. The minimum atomic E-state index is -0.693. The van der Waals surface area contributed by atoms with Crippen LogP contribution < -0.4 is 10.1 Å². The van der Waals surface area contributed by atoms with Gasteiger partial charge in [0.2, 0.25) is 0 Å². The molecule has 1 heterocycles. The fourth-order valence-electron chi connectivity index (χ4n) is 1.83. The molecule has 1 amide bonds. The van der Waals surface area contributed by atoms with Crippen molar-refractivity contribution >= 4 is 17.4 Å². The first-order valence-electron chi connectivity index (χ1n) is 6.70. The Morgan fingerprint density at radius 2 is 2.17 bits per heavy atom. The predicted octanol–water partition coefficient (Wildman–Crippen LogP) is 2.33. The SMILES string of the molecule is Cc1cccc(OCC(=O)Nc2ncc([N+](=O)[O-])cc2O)c1C. The van der Waals surface area contributed by atoms with Crippen molar-refractivity contribution in [1.82, 2.24) is 4.98 Å². The van der Waals surface area contributed by atoms with Gasteiger partial charge >= 0.3 is 0 Å². The molecule has 2 N–H and O–H groups in total. The van der Waals surface area contributed by atoms with E-state index in [-0.39, 0.29) is 18.1 Å². The molecule has 8 heteroatoms. The lowest BCUT2D eigenvalue weighted by Gasteiger charge is -2.11. The Morgan fingerprint density at radius 3 is 2.83 bits per heavy atom. The van der Waals surface area contributed by atoms with Crippen molar-refractivity contribution in [2.24, 2.45) is 0 Å². The fraction of sp³-hybridized carbons (Fsp3) is 0.200. The Balaban J connectivity index is 2.00. The summed E-state index contributed by atoms with van der Waals surface area (Å²) in [4.78, 5) is 25.3. The van der Waals surface area contributed by atoms with Gasteiger partial charge in [0, 0.05) is 0 Å². The maximum absolute atomic E-state index is 11.8. The number of benzene rings is 1. The molecule has 0 unspecified atom stereocenters. The Bertz CT molecular complexity index is 761. The Hall–Kier alpha value is -3.16. The number of carbonyl (C=O) groups excluding carboxylic acids is 1. The van der Waals surface area contributed by atoms with Crippen LogP contribution in [-0.2, 0) is 4.79 Å². The first-order valence-corrected chi connectivity index (χ1v) is 6.70. The quantitative estimate of drug-likeness (QED) is 0.646. The molecule has 2 aromatic rings. The number of aromatic hydroxyl groups is 1. The van der Waals surface area contributed by atoms with E-state index < -0.39 is 16.6 Å². The van der Waals surface area contributed by atoms with Gasteiger partial charge in [-0.2, -0.15) is 0 Å². The fourth-order valence-corrected chi connectivity index (χ4v) is 1.83. The van der Waals surface area contributed by atoms with Gasteiger partial charge in [0.25, 0.3) is 11.6 Å². The maximum Gasteiger partial charge on any atom is 0.291 e. The zero-order chi connectivity index (χ0) is 17.0. The number of nitrogens with one attached hydrogen (secondary N) is 1. The van der Waals surface area contributed by atoms with Gasteiger partial charge in [0.15, 0.2) is 18.2 Å². The van der Waals surface area contributed by atoms with Gasteiger partial charge in [-0.15, -0.1) is 0 Å². The van der Waals surface area contributed by atoms with Crippen molar-refractivity contribution in [3.63, 3.8) is 0 Å². The highest BCUT2D eigenvalue weighted by molar-refractivity contribution is 5.92. The van der Waals surface area contributed by atoms with Gasteiger partial charge in [0.1, 0.15) is 11.9 Å². The number of aromatic nitrogens is 1. The van der Waals surface area contributed by atoms with E-state index in [0.29, 0.717) is 5.75 Å². The second-order valence-corrected chi connectivity index (χ2v) is 4.85. The maximum atomic E-state index is 11.8. The van der Waals surface area contributed by atoms with Gasteiger partial charge in [0.05, 0.1) is 11.0 Å². The van der Waals surface area contributed by atoms with Gasteiger partial charge in [-0.25, -0.2) is 4.98 Å². The van der Waals surface area contributed by atoms with E-state index in [2.05, 4.69) is 10.3 Å². The Morgan fingerprint density at radius 1 is 1.43 bits per heavy atom. The van der Waals surface area contributed by atoms with Gasteiger partial charge in [-0.1, -0.05) is 12.1 Å². The van der Waals surface area contributed by atoms with Crippen LogP contribution in [0.1, 0.15) is 11.1 Å². The van der Waals surface area contributed by atoms with Crippen LogP contribution in [-0.4, -0.2) is 27.5 Å². The van der Waals surface area contributed by atoms with Crippen LogP contribution in [0.3, 0.4) is 0 Å². The highest BCUT2D eigenvalue weighted by atomic mass is 16.6. The summed E-state index contributed by atoms with van der Waals surface area (Å²) in [6.45, 7) is 3.54. The van der Waals surface area contributed by atoms with Crippen LogP contribution in [0.5, 0.6) is 11.5 Å². The lowest BCUT2D eigenvalue weighted by Crippen LogP contribution is -2.21. The van der Waals surface area contributed by atoms with E-state index in [1.165, 1.54) is 0 Å². The number of amides is 1. The molecule has 8 nitrogen and oxygen atoms in total. The number of aryl methyl sites for hydroxylation is 1.